The van der Waals surface area contributed by atoms with Crippen LogP contribution in [0.15, 0.2) is 24.0 Å². The number of allylic oxidation sites excluding steroid dienone is 1. The first kappa shape index (κ1) is 14.0. The van der Waals surface area contributed by atoms with E-state index in [-0.39, 0.29) is 0 Å². The zero-order valence-corrected chi connectivity index (χ0v) is 11.4. The van der Waals surface area contributed by atoms with Crippen LogP contribution in [-0.4, -0.2) is 22.9 Å². The minimum Gasteiger partial charge on any atom is -0.316 e. The van der Waals surface area contributed by atoms with Gasteiger partial charge >= 0.3 is 0 Å². The maximum atomic E-state index is 4.18. The number of rotatable bonds is 8. The highest BCUT2D eigenvalue weighted by Gasteiger charge is 1.97. The summed E-state index contributed by atoms with van der Waals surface area (Å²) in [5.41, 5.74) is 2.80. The van der Waals surface area contributed by atoms with E-state index in [1.54, 1.807) is 0 Å². The third-order valence-electron chi connectivity index (χ3n) is 2.81. The van der Waals surface area contributed by atoms with Gasteiger partial charge in [-0.05, 0) is 51.3 Å². The van der Waals surface area contributed by atoms with Crippen molar-refractivity contribution in [2.24, 2.45) is 7.05 Å². The molecule has 0 amide bonds. The van der Waals surface area contributed by atoms with Gasteiger partial charge in [-0.15, -0.1) is 0 Å². The van der Waals surface area contributed by atoms with E-state index in [0.29, 0.717) is 0 Å². The third kappa shape index (κ3) is 6.27. The average Bonchev–Trinajstić information content (AvgIpc) is 2.72. The van der Waals surface area contributed by atoms with Crippen LogP contribution in [0.4, 0.5) is 0 Å². The zero-order valence-electron chi connectivity index (χ0n) is 11.4. The third-order valence-corrected chi connectivity index (χ3v) is 2.81. The molecule has 1 heterocycles. The lowest BCUT2D eigenvalue weighted by Gasteiger charge is -2.02. The van der Waals surface area contributed by atoms with Crippen molar-refractivity contribution >= 4 is 0 Å². The predicted molar refractivity (Wildman–Crippen MR) is 73.1 cm³/mol. The molecule has 0 bridgehead atoms. The molecule has 96 valence electrons. The molecule has 3 heteroatoms. The summed E-state index contributed by atoms with van der Waals surface area (Å²) in [5.74, 6) is 0. The first-order valence-electron chi connectivity index (χ1n) is 6.56. The van der Waals surface area contributed by atoms with Crippen molar-refractivity contribution in [3.8, 4) is 0 Å². The molecule has 1 rings (SSSR count). The highest BCUT2D eigenvalue weighted by molar-refractivity contribution is 5.08. The van der Waals surface area contributed by atoms with Gasteiger partial charge in [-0.25, -0.2) is 0 Å². The van der Waals surface area contributed by atoms with Crippen LogP contribution < -0.4 is 5.32 Å². The van der Waals surface area contributed by atoms with Crippen LogP contribution in [0.5, 0.6) is 0 Å². The van der Waals surface area contributed by atoms with Crippen molar-refractivity contribution in [2.45, 2.75) is 39.5 Å². The van der Waals surface area contributed by atoms with Gasteiger partial charge in [0.25, 0.3) is 0 Å². The monoisotopic (exact) mass is 235 g/mol. The Morgan fingerprint density at radius 3 is 2.94 bits per heavy atom. The highest BCUT2D eigenvalue weighted by atomic mass is 15.2. The molecule has 0 radical (unpaired) electrons. The Bertz CT molecular complexity index is 339. The van der Waals surface area contributed by atoms with Crippen molar-refractivity contribution in [1.82, 2.24) is 15.1 Å². The molecule has 17 heavy (non-hydrogen) atoms. The molecule has 1 aromatic heterocycles. The van der Waals surface area contributed by atoms with Crippen molar-refractivity contribution in [3.63, 3.8) is 0 Å². The second-order valence-electron chi connectivity index (χ2n) is 4.61. The first-order valence-corrected chi connectivity index (χ1v) is 6.56. The number of hydrogen-bond donors (Lipinski definition) is 1. The lowest BCUT2D eigenvalue weighted by molar-refractivity contribution is 0.676. The van der Waals surface area contributed by atoms with Gasteiger partial charge in [-0.3, -0.25) is 4.68 Å². The molecule has 0 spiro atoms. The Balaban J connectivity index is 2.15. The molecule has 0 fully saturated rings. The van der Waals surface area contributed by atoms with Gasteiger partial charge in [0.1, 0.15) is 0 Å². The molecule has 0 aliphatic heterocycles. The maximum Gasteiger partial charge on any atom is 0.0521 e. The quantitative estimate of drug-likeness (QED) is 0.554. The molecule has 0 aliphatic rings. The zero-order chi connectivity index (χ0) is 12.5. The lowest BCUT2D eigenvalue weighted by atomic mass is 10.1. The first-order chi connectivity index (χ1) is 8.22. The van der Waals surface area contributed by atoms with Crippen molar-refractivity contribution in [2.75, 3.05) is 13.1 Å². The summed E-state index contributed by atoms with van der Waals surface area (Å²) >= 11 is 0. The fourth-order valence-electron chi connectivity index (χ4n) is 1.77. The van der Waals surface area contributed by atoms with Crippen LogP contribution in [-0.2, 0) is 13.5 Å². The van der Waals surface area contributed by atoms with Gasteiger partial charge in [-0.2, -0.15) is 5.10 Å². The minimum absolute atomic E-state index is 1.10. The summed E-state index contributed by atoms with van der Waals surface area (Å²) < 4.78 is 1.86. The number of aryl methyl sites for hydroxylation is 2. The van der Waals surface area contributed by atoms with Crippen LogP contribution in [0.3, 0.4) is 0 Å². The van der Waals surface area contributed by atoms with Crippen LogP contribution in [0, 0.1) is 0 Å². The van der Waals surface area contributed by atoms with Gasteiger partial charge in [-0.1, -0.05) is 18.6 Å². The summed E-state index contributed by atoms with van der Waals surface area (Å²) in [4.78, 5) is 0. The topological polar surface area (TPSA) is 29.9 Å². The molecule has 0 saturated heterocycles. The molecule has 0 aromatic carbocycles. The summed E-state index contributed by atoms with van der Waals surface area (Å²) in [6.45, 7) is 6.64. The predicted octanol–water partition coefficient (Wildman–Crippen LogP) is 2.69. The molecule has 1 aromatic rings. The molecule has 3 nitrogen and oxygen atoms in total. The van der Waals surface area contributed by atoms with E-state index in [9.17, 15) is 0 Å². The largest absolute Gasteiger partial charge is 0.316 e. The fourth-order valence-corrected chi connectivity index (χ4v) is 1.77. The average molecular weight is 235 g/mol. The highest BCUT2D eigenvalue weighted by Crippen LogP contribution is 2.08. The number of nitrogens with one attached hydrogen (secondary N) is 1. The summed E-state index contributed by atoms with van der Waals surface area (Å²) in [6, 6.07) is 0. The second kappa shape index (κ2) is 8.07. The van der Waals surface area contributed by atoms with Crippen LogP contribution in [0.2, 0.25) is 0 Å². The minimum atomic E-state index is 1.10. The number of aromatic nitrogens is 2. The van der Waals surface area contributed by atoms with E-state index in [2.05, 4.69) is 36.5 Å². The molecule has 0 atom stereocenters. The standard InChI is InChI=1S/C14H25N3/c1-4-9-15-10-5-6-13(2)7-8-14-11-16-17(3)12-14/h6,11-12,15H,4-5,7-10H2,1-3H3/b13-6-. The Morgan fingerprint density at radius 1 is 1.47 bits per heavy atom. The van der Waals surface area contributed by atoms with Gasteiger partial charge in [0.2, 0.25) is 0 Å². The Kier molecular flexibility index (Phi) is 6.63. The molecule has 0 unspecified atom stereocenters. The van der Waals surface area contributed by atoms with Gasteiger partial charge in [0, 0.05) is 13.2 Å². The van der Waals surface area contributed by atoms with Gasteiger partial charge < -0.3 is 5.32 Å². The maximum absolute atomic E-state index is 4.18. The number of nitrogens with zero attached hydrogens (tertiary/aromatic N) is 2. The van der Waals surface area contributed by atoms with E-state index >= 15 is 0 Å². The van der Waals surface area contributed by atoms with Crippen molar-refractivity contribution in [1.29, 1.82) is 0 Å². The van der Waals surface area contributed by atoms with E-state index in [1.165, 1.54) is 17.6 Å². The Hall–Kier alpha value is -1.09. The Labute approximate surface area is 105 Å². The lowest BCUT2D eigenvalue weighted by Crippen LogP contribution is -2.15. The van der Waals surface area contributed by atoms with E-state index in [0.717, 1.165) is 32.4 Å². The smallest absolute Gasteiger partial charge is 0.0521 e. The molecule has 0 aliphatic carbocycles. The van der Waals surface area contributed by atoms with E-state index in [4.69, 9.17) is 0 Å². The SMILES string of the molecule is CCCNCC/C=C(/C)CCc1cnn(C)c1. The number of hydrogen-bond acceptors (Lipinski definition) is 2. The summed E-state index contributed by atoms with van der Waals surface area (Å²) in [6.07, 6.45) is 11.0. The summed E-state index contributed by atoms with van der Waals surface area (Å²) in [5, 5.41) is 7.59. The van der Waals surface area contributed by atoms with Crippen molar-refractivity contribution in [3.05, 3.63) is 29.6 Å². The molecule has 1 N–H and O–H groups in total. The van der Waals surface area contributed by atoms with Crippen molar-refractivity contribution < 1.29 is 0 Å². The van der Waals surface area contributed by atoms with Gasteiger partial charge in [0.15, 0.2) is 0 Å². The van der Waals surface area contributed by atoms with E-state index < -0.39 is 0 Å². The summed E-state index contributed by atoms with van der Waals surface area (Å²) in [7, 11) is 1.96. The van der Waals surface area contributed by atoms with Gasteiger partial charge in [0.05, 0.1) is 6.20 Å². The van der Waals surface area contributed by atoms with Crippen LogP contribution in [0.25, 0.3) is 0 Å². The Morgan fingerprint density at radius 2 is 2.29 bits per heavy atom. The molecular weight excluding hydrogens is 210 g/mol. The molecular formula is C14H25N3. The van der Waals surface area contributed by atoms with Crippen LogP contribution >= 0.6 is 0 Å². The normalized spacial score (nSPS) is 12.1. The van der Waals surface area contributed by atoms with Crippen LogP contribution in [0.1, 0.15) is 38.7 Å². The second-order valence-corrected chi connectivity index (χ2v) is 4.61. The molecule has 0 saturated carbocycles. The van der Waals surface area contributed by atoms with E-state index in [1.807, 2.05) is 17.9 Å². The fraction of sp³-hybridized carbons (Fsp3) is 0.643.